The largest absolute Gasteiger partial charge is 0.349 e. The number of aryl methyl sites for hydroxylation is 2. The van der Waals surface area contributed by atoms with Gasteiger partial charge < -0.3 is 9.88 Å². The summed E-state index contributed by atoms with van der Waals surface area (Å²) < 4.78 is 2.20. The highest BCUT2D eigenvalue weighted by Crippen LogP contribution is 2.19. The van der Waals surface area contributed by atoms with Crippen molar-refractivity contribution in [3.05, 3.63) is 52.5 Å². The number of carbonyl (C=O) groups is 1. The van der Waals surface area contributed by atoms with Crippen LogP contribution in [0, 0.1) is 32.1 Å². The quantitative estimate of drug-likeness (QED) is 0.673. The molecule has 0 aromatic carbocycles. The van der Waals surface area contributed by atoms with Crippen LogP contribution in [0.15, 0.2) is 30.0 Å². The Morgan fingerprint density at radius 2 is 2.12 bits per heavy atom. The van der Waals surface area contributed by atoms with E-state index in [0.29, 0.717) is 5.82 Å². The zero-order valence-corrected chi connectivity index (χ0v) is 14.6. The first kappa shape index (κ1) is 17.5. The topological polar surface area (TPSA) is 70.7 Å². The summed E-state index contributed by atoms with van der Waals surface area (Å²) in [7, 11) is 0. The molecule has 0 saturated heterocycles. The van der Waals surface area contributed by atoms with Crippen LogP contribution in [0.3, 0.4) is 0 Å². The van der Waals surface area contributed by atoms with Gasteiger partial charge in [-0.05, 0) is 62.6 Å². The van der Waals surface area contributed by atoms with E-state index >= 15 is 0 Å². The van der Waals surface area contributed by atoms with Gasteiger partial charge in [-0.3, -0.25) is 4.79 Å². The van der Waals surface area contributed by atoms with Crippen LogP contribution in [0.5, 0.6) is 0 Å². The van der Waals surface area contributed by atoms with Gasteiger partial charge in [-0.2, -0.15) is 5.26 Å². The molecule has 2 aromatic rings. The molecule has 24 heavy (non-hydrogen) atoms. The Bertz CT molecular complexity index is 824. The summed E-state index contributed by atoms with van der Waals surface area (Å²) in [5.41, 5.74) is 4.13. The van der Waals surface area contributed by atoms with Gasteiger partial charge in [0, 0.05) is 24.1 Å². The molecule has 0 radical (unpaired) electrons. The van der Waals surface area contributed by atoms with Crippen molar-refractivity contribution < 1.29 is 4.79 Å². The fourth-order valence-corrected chi connectivity index (χ4v) is 2.63. The van der Waals surface area contributed by atoms with E-state index in [1.54, 1.807) is 18.3 Å². The maximum Gasteiger partial charge on any atom is 0.267 e. The van der Waals surface area contributed by atoms with Gasteiger partial charge in [-0.15, -0.1) is 0 Å². The number of hydrogen-bond acceptors (Lipinski definition) is 3. The van der Waals surface area contributed by atoms with Gasteiger partial charge in [0.05, 0.1) is 0 Å². The van der Waals surface area contributed by atoms with Crippen LogP contribution in [-0.2, 0) is 11.3 Å². The molecule has 0 aliphatic heterocycles. The van der Waals surface area contributed by atoms with E-state index in [1.165, 1.54) is 0 Å². The highest BCUT2D eigenvalue weighted by atomic mass is 16.1. The molecule has 0 unspecified atom stereocenters. The molecule has 0 aliphatic carbocycles. The number of hydrogen-bond donors (Lipinski definition) is 1. The van der Waals surface area contributed by atoms with E-state index in [1.807, 2.05) is 39.0 Å². The monoisotopic (exact) mass is 322 g/mol. The van der Waals surface area contributed by atoms with E-state index in [4.69, 9.17) is 0 Å². The third-order valence-electron chi connectivity index (χ3n) is 3.88. The van der Waals surface area contributed by atoms with Crippen LogP contribution in [0.25, 0.3) is 6.08 Å². The maximum atomic E-state index is 12.3. The van der Waals surface area contributed by atoms with E-state index in [2.05, 4.69) is 21.8 Å². The van der Waals surface area contributed by atoms with Crippen LogP contribution in [0.1, 0.15) is 35.9 Å². The highest BCUT2D eigenvalue weighted by molar-refractivity contribution is 6.09. The van der Waals surface area contributed by atoms with Crippen molar-refractivity contribution in [2.75, 3.05) is 5.32 Å². The fraction of sp³-hybridized carbons (Fsp3) is 0.316. The average Bonchev–Trinajstić information content (AvgIpc) is 2.80. The van der Waals surface area contributed by atoms with Gasteiger partial charge in [0.15, 0.2) is 0 Å². The van der Waals surface area contributed by atoms with Crippen molar-refractivity contribution in [2.24, 2.45) is 0 Å². The number of pyridine rings is 1. The number of anilines is 1. The Morgan fingerprint density at radius 1 is 1.38 bits per heavy atom. The number of rotatable bonds is 5. The summed E-state index contributed by atoms with van der Waals surface area (Å²) in [6.45, 7) is 9.00. The molecule has 5 heteroatoms. The van der Waals surface area contributed by atoms with Gasteiger partial charge in [-0.25, -0.2) is 4.98 Å². The summed E-state index contributed by atoms with van der Waals surface area (Å²) in [4.78, 5) is 16.4. The van der Waals surface area contributed by atoms with Crippen LogP contribution >= 0.6 is 0 Å². The minimum absolute atomic E-state index is 0.0649. The molecule has 2 aromatic heterocycles. The molecule has 2 rings (SSSR count). The third-order valence-corrected chi connectivity index (χ3v) is 3.88. The molecular formula is C19H22N4O. The van der Waals surface area contributed by atoms with E-state index in [9.17, 15) is 10.1 Å². The molecule has 1 N–H and O–H groups in total. The lowest BCUT2D eigenvalue weighted by molar-refractivity contribution is -0.112. The molecule has 0 aliphatic rings. The zero-order valence-electron chi connectivity index (χ0n) is 14.6. The Morgan fingerprint density at radius 3 is 2.75 bits per heavy atom. The first-order valence-corrected chi connectivity index (χ1v) is 7.98. The van der Waals surface area contributed by atoms with Crippen molar-refractivity contribution in [3.8, 4) is 6.07 Å². The van der Waals surface area contributed by atoms with E-state index in [0.717, 1.165) is 35.5 Å². The minimum Gasteiger partial charge on any atom is -0.349 e. The molecular weight excluding hydrogens is 300 g/mol. The summed E-state index contributed by atoms with van der Waals surface area (Å²) >= 11 is 0. The molecule has 0 spiro atoms. The summed E-state index contributed by atoms with van der Waals surface area (Å²) in [5, 5.41) is 12.0. The van der Waals surface area contributed by atoms with Crippen molar-refractivity contribution in [3.63, 3.8) is 0 Å². The normalized spacial score (nSPS) is 11.2. The predicted octanol–water partition coefficient (Wildman–Crippen LogP) is 3.76. The van der Waals surface area contributed by atoms with Gasteiger partial charge in [0.1, 0.15) is 17.5 Å². The smallest absolute Gasteiger partial charge is 0.267 e. The van der Waals surface area contributed by atoms with Crippen LogP contribution in [-0.4, -0.2) is 15.5 Å². The van der Waals surface area contributed by atoms with Crippen molar-refractivity contribution in [2.45, 2.75) is 40.7 Å². The number of nitrogens with zero attached hydrogens (tertiary/aromatic N) is 3. The lowest BCUT2D eigenvalue weighted by Gasteiger charge is -2.07. The Labute approximate surface area is 142 Å². The Hall–Kier alpha value is -2.87. The van der Waals surface area contributed by atoms with Crippen molar-refractivity contribution in [1.82, 2.24) is 9.55 Å². The lowest BCUT2D eigenvalue weighted by Crippen LogP contribution is -2.14. The molecule has 124 valence electrons. The lowest BCUT2D eigenvalue weighted by atomic mass is 10.1. The molecule has 1 amide bonds. The third kappa shape index (κ3) is 3.90. The number of nitrogens with one attached hydrogen (secondary N) is 1. The first-order valence-electron chi connectivity index (χ1n) is 7.98. The highest BCUT2D eigenvalue weighted by Gasteiger charge is 2.13. The number of aromatic nitrogens is 2. The molecule has 0 bridgehead atoms. The van der Waals surface area contributed by atoms with Crippen LogP contribution < -0.4 is 5.32 Å². The predicted molar refractivity (Wildman–Crippen MR) is 95.4 cm³/mol. The summed E-state index contributed by atoms with van der Waals surface area (Å²) in [6, 6.07) is 7.60. The molecule has 5 nitrogen and oxygen atoms in total. The van der Waals surface area contributed by atoms with Crippen molar-refractivity contribution >= 4 is 17.8 Å². The number of carbonyl (C=O) groups excluding carboxylic acids is 1. The second kappa shape index (κ2) is 7.60. The van der Waals surface area contributed by atoms with Gasteiger partial charge in [-0.1, -0.05) is 6.92 Å². The Kier molecular flexibility index (Phi) is 5.54. The summed E-state index contributed by atoms with van der Waals surface area (Å²) in [5.74, 6) is -0.00602. The number of amides is 1. The average molecular weight is 322 g/mol. The fourth-order valence-electron chi connectivity index (χ4n) is 2.63. The molecule has 0 fully saturated rings. The van der Waals surface area contributed by atoms with E-state index in [-0.39, 0.29) is 5.57 Å². The van der Waals surface area contributed by atoms with Gasteiger partial charge in [0.2, 0.25) is 0 Å². The first-order chi connectivity index (χ1) is 11.5. The zero-order chi connectivity index (χ0) is 17.7. The van der Waals surface area contributed by atoms with Crippen LogP contribution in [0.2, 0.25) is 0 Å². The molecule has 2 heterocycles. The summed E-state index contributed by atoms with van der Waals surface area (Å²) in [6.07, 6.45) is 4.29. The second-order valence-electron chi connectivity index (χ2n) is 5.82. The molecule has 0 saturated carbocycles. The number of nitriles is 1. The Balaban J connectivity index is 2.28. The van der Waals surface area contributed by atoms with Crippen molar-refractivity contribution in [1.29, 1.82) is 5.26 Å². The van der Waals surface area contributed by atoms with Crippen LogP contribution in [0.4, 0.5) is 5.82 Å². The van der Waals surface area contributed by atoms with Gasteiger partial charge >= 0.3 is 0 Å². The van der Waals surface area contributed by atoms with Gasteiger partial charge in [0.25, 0.3) is 5.91 Å². The SMILES string of the molecule is CCCn1c(C)cc(/C=C(/C#N)C(=O)Nc2cc(C)ccn2)c1C. The second-order valence-corrected chi connectivity index (χ2v) is 5.82. The molecule has 0 atom stereocenters. The van der Waals surface area contributed by atoms with E-state index < -0.39 is 5.91 Å². The minimum atomic E-state index is -0.448. The standard InChI is InChI=1S/C19H22N4O/c1-5-8-23-14(3)10-16(15(23)4)11-17(12-20)19(24)22-18-9-13(2)6-7-21-18/h6-7,9-11H,5,8H2,1-4H3,(H,21,22,24)/b17-11-. The maximum absolute atomic E-state index is 12.3.